The highest BCUT2D eigenvalue weighted by Crippen LogP contribution is 2.25. The molecule has 0 spiro atoms. The summed E-state index contributed by atoms with van der Waals surface area (Å²) in [7, 11) is -1.25. The normalized spacial score (nSPS) is 29.6. The number of hydrogen-bond acceptors (Lipinski definition) is 3. The second-order valence-electron chi connectivity index (χ2n) is 5.45. The van der Waals surface area contributed by atoms with E-state index >= 15 is 0 Å². The van der Waals surface area contributed by atoms with Gasteiger partial charge in [0.1, 0.15) is 0 Å². The second kappa shape index (κ2) is 5.86. The Morgan fingerprint density at radius 1 is 1.11 bits per heavy atom. The van der Waals surface area contributed by atoms with Crippen LogP contribution in [0.2, 0.25) is 0 Å². The SMILES string of the molecule is CNC(C)C1CCCN(S(=O)(=O)N2CCCC2)C1. The summed E-state index contributed by atoms with van der Waals surface area (Å²) in [4.78, 5) is 0. The van der Waals surface area contributed by atoms with Gasteiger partial charge in [0.15, 0.2) is 0 Å². The predicted molar refractivity (Wildman–Crippen MR) is 72.5 cm³/mol. The number of nitrogens with zero attached hydrogens (tertiary/aromatic N) is 2. The van der Waals surface area contributed by atoms with Crippen LogP contribution in [0.4, 0.5) is 0 Å². The first-order valence-corrected chi connectivity index (χ1v) is 8.38. The Morgan fingerprint density at radius 2 is 1.72 bits per heavy atom. The highest BCUT2D eigenvalue weighted by molar-refractivity contribution is 7.86. The predicted octanol–water partition coefficient (Wildman–Crippen LogP) is 0.647. The van der Waals surface area contributed by atoms with E-state index in [9.17, 15) is 8.42 Å². The van der Waals surface area contributed by atoms with E-state index in [1.807, 2.05) is 7.05 Å². The van der Waals surface area contributed by atoms with Crippen LogP contribution in [-0.4, -0.2) is 56.3 Å². The van der Waals surface area contributed by atoms with E-state index in [0.717, 1.165) is 25.7 Å². The summed E-state index contributed by atoms with van der Waals surface area (Å²) in [6.45, 7) is 4.89. The van der Waals surface area contributed by atoms with Crippen LogP contribution in [0.25, 0.3) is 0 Å². The quantitative estimate of drug-likeness (QED) is 0.819. The fourth-order valence-corrected chi connectivity index (χ4v) is 4.70. The van der Waals surface area contributed by atoms with Crippen LogP contribution in [0.5, 0.6) is 0 Å². The van der Waals surface area contributed by atoms with Gasteiger partial charge < -0.3 is 5.32 Å². The second-order valence-corrected chi connectivity index (χ2v) is 7.38. The van der Waals surface area contributed by atoms with Gasteiger partial charge in [-0.2, -0.15) is 17.0 Å². The van der Waals surface area contributed by atoms with Crippen LogP contribution in [0, 0.1) is 5.92 Å². The minimum atomic E-state index is -3.20. The van der Waals surface area contributed by atoms with Crippen molar-refractivity contribution in [1.82, 2.24) is 13.9 Å². The monoisotopic (exact) mass is 275 g/mol. The highest BCUT2D eigenvalue weighted by Gasteiger charge is 2.35. The molecule has 18 heavy (non-hydrogen) atoms. The van der Waals surface area contributed by atoms with Crippen LogP contribution < -0.4 is 5.32 Å². The zero-order chi connectivity index (χ0) is 13.2. The Hall–Kier alpha value is -0.170. The lowest BCUT2D eigenvalue weighted by atomic mass is 9.93. The lowest BCUT2D eigenvalue weighted by Crippen LogP contribution is -2.50. The molecule has 5 nitrogen and oxygen atoms in total. The summed E-state index contributed by atoms with van der Waals surface area (Å²) < 4.78 is 28.3. The van der Waals surface area contributed by atoms with Crippen molar-refractivity contribution in [2.45, 2.75) is 38.6 Å². The van der Waals surface area contributed by atoms with E-state index in [1.54, 1.807) is 8.61 Å². The van der Waals surface area contributed by atoms with Crippen molar-refractivity contribution in [2.24, 2.45) is 5.92 Å². The van der Waals surface area contributed by atoms with Gasteiger partial charge in [-0.15, -0.1) is 0 Å². The Balaban J connectivity index is 2.03. The minimum absolute atomic E-state index is 0.376. The molecule has 106 valence electrons. The van der Waals surface area contributed by atoms with Crippen molar-refractivity contribution in [2.75, 3.05) is 33.2 Å². The molecule has 0 bridgehead atoms. The van der Waals surface area contributed by atoms with Crippen LogP contribution in [-0.2, 0) is 10.2 Å². The summed E-state index contributed by atoms with van der Waals surface area (Å²) in [6.07, 6.45) is 4.10. The smallest absolute Gasteiger partial charge is 0.281 e. The molecule has 1 N–H and O–H groups in total. The molecular weight excluding hydrogens is 250 g/mol. The third-order valence-electron chi connectivity index (χ3n) is 4.30. The first-order chi connectivity index (χ1) is 8.55. The van der Waals surface area contributed by atoms with E-state index in [-0.39, 0.29) is 0 Å². The van der Waals surface area contributed by atoms with Gasteiger partial charge in [-0.3, -0.25) is 0 Å². The molecular formula is C12H25N3O2S. The number of rotatable bonds is 4. The van der Waals surface area contributed by atoms with Gasteiger partial charge in [-0.1, -0.05) is 0 Å². The average Bonchev–Trinajstić information content (AvgIpc) is 2.92. The average molecular weight is 275 g/mol. The van der Waals surface area contributed by atoms with Gasteiger partial charge in [0.2, 0.25) is 0 Å². The van der Waals surface area contributed by atoms with Crippen molar-refractivity contribution in [1.29, 1.82) is 0 Å². The Morgan fingerprint density at radius 3 is 2.33 bits per heavy atom. The third kappa shape index (κ3) is 2.87. The maximum Gasteiger partial charge on any atom is 0.281 e. The van der Waals surface area contributed by atoms with Crippen LogP contribution >= 0.6 is 0 Å². The third-order valence-corrected chi connectivity index (χ3v) is 6.30. The van der Waals surface area contributed by atoms with Crippen LogP contribution in [0.15, 0.2) is 0 Å². The molecule has 2 fully saturated rings. The largest absolute Gasteiger partial charge is 0.317 e. The summed E-state index contributed by atoms with van der Waals surface area (Å²) >= 11 is 0. The molecule has 6 heteroatoms. The first-order valence-electron chi connectivity index (χ1n) is 6.98. The summed E-state index contributed by atoms with van der Waals surface area (Å²) in [6, 6.07) is 0.376. The van der Waals surface area contributed by atoms with Crippen molar-refractivity contribution < 1.29 is 8.42 Å². The molecule has 0 aliphatic carbocycles. The van der Waals surface area contributed by atoms with E-state index in [0.29, 0.717) is 38.1 Å². The molecule has 2 unspecified atom stereocenters. The zero-order valence-corrected chi connectivity index (χ0v) is 12.2. The number of nitrogens with one attached hydrogen (secondary N) is 1. The molecule has 0 aromatic rings. The van der Waals surface area contributed by atoms with Crippen molar-refractivity contribution >= 4 is 10.2 Å². The Kier molecular flexibility index (Phi) is 4.64. The first kappa shape index (κ1) is 14.2. The standard InChI is InChI=1S/C12H25N3O2S/c1-11(13-2)12-6-5-9-15(10-12)18(16,17)14-7-3-4-8-14/h11-13H,3-10H2,1-2H3. The molecule has 0 amide bonds. The Bertz CT molecular complexity index is 366. The van der Waals surface area contributed by atoms with E-state index < -0.39 is 10.2 Å². The maximum absolute atomic E-state index is 12.5. The minimum Gasteiger partial charge on any atom is -0.317 e. The molecule has 0 aromatic carbocycles. The van der Waals surface area contributed by atoms with Gasteiger partial charge in [0.05, 0.1) is 0 Å². The molecule has 0 aromatic heterocycles. The Labute approximate surface area is 111 Å². The van der Waals surface area contributed by atoms with E-state index in [2.05, 4.69) is 12.2 Å². The van der Waals surface area contributed by atoms with Gasteiger partial charge in [0, 0.05) is 32.2 Å². The molecule has 2 heterocycles. The molecule has 2 rings (SSSR count). The molecule has 2 aliphatic heterocycles. The van der Waals surface area contributed by atoms with E-state index in [4.69, 9.17) is 0 Å². The van der Waals surface area contributed by atoms with Gasteiger partial charge in [-0.25, -0.2) is 0 Å². The topological polar surface area (TPSA) is 52.7 Å². The van der Waals surface area contributed by atoms with Crippen molar-refractivity contribution in [3.05, 3.63) is 0 Å². The zero-order valence-electron chi connectivity index (χ0n) is 11.4. The van der Waals surface area contributed by atoms with Crippen LogP contribution in [0.3, 0.4) is 0 Å². The van der Waals surface area contributed by atoms with Crippen LogP contribution in [0.1, 0.15) is 32.6 Å². The fraction of sp³-hybridized carbons (Fsp3) is 1.00. The molecule has 2 atom stereocenters. The van der Waals surface area contributed by atoms with Gasteiger partial charge >= 0.3 is 0 Å². The summed E-state index contributed by atoms with van der Waals surface area (Å²) in [5, 5.41) is 3.24. The van der Waals surface area contributed by atoms with Gasteiger partial charge in [0.25, 0.3) is 10.2 Å². The molecule has 0 radical (unpaired) electrons. The lowest BCUT2D eigenvalue weighted by Gasteiger charge is -2.36. The van der Waals surface area contributed by atoms with Crippen molar-refractivity contribution in [3.8, 4) is 0 Å². The fourth-order valence-electron chi connectivity index (χ4n) is 2.91. The molecule has 2 aliphatic rings. The van der Waals surface area contributed by atoms with E-state index in [1.165, 1.54) is 0 Å². The molecule has 0 saturated carbocycles. The molecule has 2 saturated heterocycles. The number of piperidine rings is 1. The maximum atomic E-state index is 12.5. The summed E-state index contributed by atoms with van der Waals surface area (Å²) in [5.41, 5.74) is 0. The highest BCUT2D eigenvalue weighted by atomic mass is 32.2. The number of hydrogen-bond donors (Lipinski definition) is 1. The van der Waals surface area contributed by atoms with Gasteiger partial charge in [-0.05, 0) is 45.6 Å². The van der Waals surface area contributed by atoms with Crippen molar-refractivity contribution in [3.63, 3.8) is 0 Å². The lowest BCUT2D eigenvalue weighted by molar-refractivity contribution is 0.219. The summed E-state index contributed by atoms with van der Waals surface area (Å²) in [5.74, 6) is 0.432.